The number of anilines is 2. The van der Waals surface area contributed by atoms with Crippen LogP contribution in [0, 0.1) is 23.1 Å². The van der Waals surface area contributed by atoms with E-state index in [2.05, 4.69) is 37.2 Å². The largest absolute Gasteiger partial charge is 0.465 e. The number of hydrogen-bond donors (Lipinski definition) is 2. The van der Waals surface area contributed by atoms with Crippen LogP contribution in [0.25, 0.3) is 0 Å². The third kappa shape index (κ3) is 4.23. The number of esters is 1. The van der Waals surface area contributed by atoms with E-state index in [0.717, 1.165) is 6.07 Å². The summed E-state index contributed by atoms with van der Waals surface area (Å²) in [5.74, 6) is -2.47. The highest BCUT2D eigenvalue weighted by atomic mass is 79.9. The third-order valence-corrected chi connectivity index (χ3v) is 5.33. The number of amides is 1. The van der Waals surface area contributed by atoms with Crippen LogP contribution < -0.4 is 11.1 Å². The molecule has 1 aliphatic rings. The molecule has 3 rings (SSSR count). The summed E-state index contributed by atoms with van der Waals surface area (Å²) >= 11 is 3.01. The lowest BCUT2D eigenvalue weighted by molar-refractivity contribution is 0.0342. The Morgan fingerprint density at radius 1 is 1.48 bits per heavy atom. The van der Waals surface area contributed by atoms with Crippen LogP contribution in [0.2, 0.25) is 0 Å². The molecular formula is C18H17BrFN5O4. The highest BCUT2D eigenvalue weighted by molar-refractivity contribution is 9.10. The van der Waals surface area contributed by atoms with E-state index in [1.54, 1.807) is 0 Å². The van der Waals surface area contributed by atoms with Gasteiger partial charge in [-0.3, -0.25) is 9.48 Å². The average molecular weight is 466 g/mol. The molecule has 11 heteroatoms. The summed E-state index contributed by atoms with van der Waals surface area (Å²) in [7, 11) is 1.18. The van der Waals surface area contributed by atoms with Crippen molar-refractivity contribution >= 4 is 39.3 Å². The van der Waals surface area contributed by atoms with Gasteiger partial charge in [0.05, 0.1) is 41.8 Å². The van der Waals surface area contributed by atoms with Gasteiger partial charge in [0.25, 0.3) is 5.91 Å². The Balaban J connectivity index is 1.98. The molecule has 1 fully saturated rings. The van der Waals surface area contributed by atoms with Gasteiger partial charge in [-0.2, -0.15) is 10.4 Å². The van der Waals surface area contributed by atoms with Crippen molar-refractivity contribution in [1.29, 1.82) is 5.26 Å². The normalized spacial score (nSPS) is 18.7. The fourth-order valence-corrected chi connectivity index (χ4v) is 3.42. The number of ether oxygens (including phenoxy) is 2. The molecular weight excluding hydrogens is 449 g/mol. The maximum Gasteiger partial charge on any atom is 0.339 e. The van der Waals surface area contributed by atoms with Crippen LogP contribution in [0.5, 0.6) is 0 Å². The number of nitrogens with two attached hydrogens (primary N) is 1. The number of nitriles is 1. The Bertz CT molecular complexity index is 1000. The molecule has 3 N–H and O–H groups in total. The Labute approximate surface area is 173 Å². The number of methoxy groups -OCH3 is 1. The number of nitrogens with one attached hydrogen (secondary N) is 1. The molecule has 0 saturated carbocycles. The van der Waals surface area contributed by atoms with E-state index in [1.165, 1.54) is 24.1 Å². The van der Waals surface area contributed by atoms with Crippen molar-refractivity contribution in [2.24, 2.45) is 11.7 Å². The van der Waals surface area contributed by atoms with E-state index < -0.39 is 23.7 Å². The summed E-state index contributed by atoms with van der Waals surface area (Å²) in [5.41, 5.74) is 5.62. The fraction of sp³-hybridized carbons (Fsp3) is 0.333. The summed E-state index contributed by atoms with van der Waals surface area (Å²) in [6.07, 6.45) is 1.96. The fourth-order valence-electron chi connectivity index (χ4n) is 3.02. The first-order valence-electron chi connectivity index (χ1n) is 8.56. The summed E-state index contributed by atoms with van der Waals surface area (Å²) in [6.45, 7) is 0.731. The molecule has 2 aromatic rings. The minimum Gasteiger partial charge on any atom is -0.465 e. The van der Waals surface area contributed by atoms with E-state index in [0.29, 0.717) is 13.0 Å². The van der Waals surface area contributed by atoms with Gasteiger partial charge < -0.3 is 20.5 Å². The number of nitrogens with zero attached hydrogens (tertiary/aromatic N) is 3. The number of carbonyl (C=O) groups excluding carboxylic acids is 2. The first-order valence-corrected chi connectivity index (χ1v) is 9.35. The number of rotatable bonds is 5. The number of primary amides is 1. The van der Waals surface area contributed by atoms with Crippen LogP contribution in [0.4, 0.5) is 15.9 Å². The Kier molecular flexibility index (Phi) is 6.14. The number of carbonyl (C=O) groups is 2. The van der Waals surface area contributed by atoms with E-state index in [-0.39, 0.29) is 39.6 Å². The minimum absolute atomic E-state index is 0.0414. The molecule has 2 heterocycles. The van der Waals surface area contributed by atoms with E-state index >= 15 is 0 Å². The highest BCUT2D eigenvalue weighted by Gasteiger charge is 2.29. The van der Waals surface area contributed by atoms with Crippen LogP contribution in [0.15, 0.2) is 22.8 Å². The summed E-state index contributed by atoms with van der Waals surface area (Å²) in [5, 5.41) is 16.5. The predicted molar refractivity (Wildman–Crippen MR) is 103 cm³/mol. The molecule has 152 valence electrons. The van der Waals surface area contributed by atoms with Crippen molar-refractivity contribution in [2.75, 3.05) is 25.6 Å². The highest BCUT2D eigenvalue weighted by Crippen LogP contribution is 2.31. The van der Waals surface area contributed by atoms with Gasteiger partial charge in [-0.25, -0.2) is 9.18 Å². The van der Waals surface area contributed by atoms with E-state index in [9.17, 15) is 19.2 Å². The number of halogens is 2. The van der Waals surface area contributed by atoms with Crippen molar-refractivity contribution in [3.05, 3.63) is 39.7 Å². The molecule has 1 unspecified atom stereocenters. The molecule has 1 aliphatic heterocycles. The van der Waals surface area contributed by atoms with E-state index in [4.69, 9.17) is 10.5 Å². The van der Waals surface area contributed by atoms with Crippen LogP contribution >= 0.6 is 15.9 Å². The van der Waals surface area contributed by atoms with Crippen molar-refractivity contribution < 1.29 is 23.5 Å². The zero-order valence-electron chi connectivity index (χ0n) is 15.3. The molecule has 0 bridgehead atoms. The number of aromatic nitrogens is 2. The van der Waals surface area contributed by atoms with Crippen molar-refractivity contribution in [1.82, 2.24) is 9.78 Å². The lowest BCUT2D eigenvalue weighted by Gasteiger charge is -2.26. The number of benzene rings is 1. The second-order valence-corrected chi connectivity index (χ2v) is 7.13. The molecule has 1 aromatic carbocycles. The molecule has 0 aliphatic carbocycles. The molecule has 2 atom stereocenters. The quantitative estimate of drug-likeness (QED) is 0.648. The van der Waals surface area contributed by atoms with Gasteiger partial charge in [0, 0.05) is 18.5 Å². The van der Waals surface area contributed by atoms with Gasteiger partial charge >= 0.3 is 5.97 Å². The first kappa shape index (κ1) is 20.8. The average Bonchev–Trinajstić information content (AvgIpc) is 3.13. The van der Waals surface area contributed by atoms with Gasteiger partial charge in [-0.15, -0.1) is 0 Å². The standard InChI is InChI=1S/C18H17BrFN5O4/c1-28-18(27)11-4-10(5-13(20)15(11)19)23-17-12(16(22)26)7-25(24-17)14-8-29-3-2-9(14)6-21/h4-5,7,9,14H,2-3,8H2,1H3,(H2,22,26)(H,23,24)/t9-,14?/m1/s1. The lowest BCUT2D eigenvalue weighted by Crippen LogP contribution is -2.29. The van der Waals surface area contributed by atoms with Crippen LogP contribution in [-0.4, -0.2) is 42.0 Å². The maximum atomic E-state index is 14.2. The monoisotopic (exact) mass is 465 g/mol. The molecule has 0 spiro atoms. The minimum atomic E-state index is -0.755. The second-order valence-electron chi connectivity index (χ2n) is 6.34. The SMILES string of the molecule is COC(=O)c1cc(Nc2nn(C3COCC[C@@H]3C#N)cc2C(N)=O)cc(F)c1Br. The number of hydrogen-bond acceptors (Lipinski definition) is 7. The molecule has 29 heavy (non-hydrogen) atoms. The van der Waals surface area contributed by atoms with Gasteiger partial charge in [0.1, 0.15) is 11.4 Å². The predicted octanol–water partition coefficient (Wildman–Crippen LogP) is 2.51. The van der Waals surface area contributed by atoms with Gasteiger partial charge in [0.15, 0.2) is 5.82 Å². The molecule has 1 aromatic heterocycles. The molecule has 1 saturated heterocycles. The van der Waals surface area contributed by atoms with Gasteiger partial charge in [-0.05, 0) is 34.5 Å². The Morgan fingerprint density at radius 2 is 2.24 bits per heavy atom. The maximum absolute atomic E-state index is 14.2. The molecule has 9 nitrogen and oxygen atoms in total. The third-order valence-electron chi connectivity index (χ3n) is 4.53. The Hall–Kier alpha value is -2.97. The molecule has 0 radical (unpaired) electrons. The summed E-state index contributed by atoms with van der Waals surface area (Å²) in [4.78, 5) is 23.7. The zero-order valence-corrected chi connectivity index (χ0v) is 16.9. The second kappa shape index (κ2) is 8.59. The summed E-state index contributed by atoms with van der Waals surface area (Å²) in [6, 6.07) is 4.30. The first-order chi connectivity index (χ1) is 13.8. The van der Waals surface area contributed by atoms with Crippen molar-refractivity contribution in [3.63, 3.8) is 0 Å². The van der Waals surface area contributed by atoms with Crippen LogP contribution in [0.3, 0.4) is 0 Å². The smallest absolute Gasteiger partial charge is 0.339 e. The van der Waals surface area contributed by atoms with Crippen molar-refractivity contribution in [2.45, 2.75) is 12.5 Å². The Morgan fingerprint density at radius 3 is 2.90 bits per heavy atom. The topological polar surface area (TPSA) is 132 Å². The van der Waals surface area contributed by atoms with Gasteiger partial charge in [-0.1, -0.05) is 0 Å². The van der Waals surface area contributed by atoms with Gasteiger partial charge in [0.2, 0.25) is 0 Å². The van der Waals surface area contributed by atoms with Crippen molar-refractivity contribution in [3.8, 4) is 6.07 Å². The van der Waals surface area contributed by atoms with E-state index in [1.807, 2.05) is 0 Å². The van der Waals surface area contributed by atoms with Crippen LogP contribution in [0.1, 0.15) is 33.2 Å². The lowest BCUT2D eigenvalue weighted by atomic mass is 9.97. The zero-order chi connectivity index (χ0) is 21.1. The summed E-state index contributed by atoms with van der Waals surface area (Å²) < 4.78 is 25.7. The van der Waals surface area contributed by atoms with Crippen LogP contribution in [-0.2, 0) is 9.47 Å². The molecule has 1 amide bonds.